The normalized spacial score (nSPS) is 18.2. The van der Waals surface area contributed by atoms with E-state index in [0.717, 1.165) is 31.9 Å². The van der Waals surface area contributed by atoms with Crippen molar-refractivity contribution in [3.8, 4) is 0 Å². The van der Waals surface area contributed by atoms with Crippen molar-refractivity contribution >= 4 is 17.6 Å². The van der Waals surface area contributed by atoms with E-state index in [2.05, 4.69) is 57.0 Å². The van der Waals surface area contributed by atoms with Crippen molar-refractivity contribution in [3.05, 3.63) is 29.8 Å². The first-order valence-corrected chi connectivity index (χ1v) is 9.86. The summed E-state index contributed by atoms with van der Waals surface area (Å²) >= 11 is 0. The van der Waals surface area contributed by atoms with E-state index in [4.69, 9.17) is 0 Å². The molecule has 2 rings (SSSR count). The summed E-state index contributed by atoms with van der Waals surface area (Å²) in [6.07, 6.45) is 2.29. The Morgan fingerprint density at radius 3 is 2.48 bits per heavy atom. The molecule has 1 heterocycles. The molecule has 0 radical (unpaired) electrons. The maximum absolute atomic E-state index is 11.9. The van der Waals surface area contributed by atoms with E-state index in [9.17, 15) is 4.79 Å². The first kappa shape index (κ1) is 21.1. The highest BCUT2D eigenvalue weighted by Crippen LogP contribution is 2.20. The lowest BCUT2D eigenvalue weighted by atomic mass is 9.96. The Bertz CT molecular complexity index is 633. The summed E-state index contributed by atoms with van der Waals surface area (Å²) < 4.78 is 0. The van der Waals surface area contributed by atoms with Gasteiger partial charge >= 0.3 is 0 Å². The quantitative estimate of drug-likeness (QED) is 0.421. The summed E-state index contributed by atoms with van der Waals surface area (Å²) in [5.41, 5.74) is 2.20. The third kappa shape index (κ3) is 6.77. The lowest BCUT2D eigenvalue weighted by molar-refractivity contribution is -0.128. The number of hydrogen-bond donors (Lipinski definition) is 3. The molecular formula is C21H35N5O. The summed E-state index contributed by atoms with van der Waals surface area (Å²) in [6.45, 7) is 11.1. The lowest BCUT2D eigenvalue weighted by Gasteiger charge is -2.35. The van der Waals surface area contributed by atoms with Crippen LogP contribution in [0.25, 0.3) is 0 Å². The van der Waals surface area contributed by atoms with Crippen LogP contribution in [0.1, 0.15) is 39.2 Å². The first-order valence-electron chi connectivity index (χ1n) is 9.86. The molecule has 0 saturated carbocycles. The van der Waals surface area contributed by atoms with Gasteiger partial charge in [-0.3, -0.25) is 9.79 Å². The van der Waals surface area contributed by atoms with Crippen LogP contribution in [0.15, 0.2) is 29.3 Å². The Kier molecular flexibility index (Phi) is 7.51. The number of nitrogens with zero attached hydrogens (tertiary/aromatic N) is 2. The first-order chi connectivity index (χ1) is 12.8. The predicted molar refractivity (Wildman–Crippen MR) is 113 cm³/mol. The third-order valence-electron chi connectivity index (χ3n) is 4.77. The van der Waals surface area contributed by atoms with E-state index in [0.29, 0.717) is 19.1 Å². The summed E-state index contributed by atoms with van der Waals surface area (Å²) in [5.74, 6) is 0.851. The summed E-state index contributed by atoms with van der Waals surface area (Å²) in [6, 6.07) is 9.08. The Labute approximate surface area is 163 Å². The van der Waals surface area contributed by atoms with Crippen LogP contribution in [-0.4, -0.2) is 51.1 Å². The highest BCUT2D eigenvalue weighted by atomic mass is 16.2. The molecule has 150 valence electrons. The number of carbonyl (C=O) groups is 1. The van der Waals surface area contributed by atoms with Crippen LogP contribution in [0.2, 0.25) is 0 Å². The van der Waals surface area contributed by atoms with Crippen LogP contribution in [0.4, 0.5) is 5.69 Å². The maximum Gasteiger partial charge on any atom is 0.225 e. The van der Waals surface area contributed by atoms with Crippen molar-refractivity contribution in [1.82, 2.24) is 16.0 Å². The van der Waals surface area contributed by atoms with Gasteiger partial charge < -0.3 is 20.9 Å². The minimum atomic E-state index is -0.360. The monoisotopic (exact) mass is 373 g/mol. The van der Waals surface area contributed by atoms with Gasteiger partial charge in [0.25, 0.3) is 0 Å². The van der Waals surface area contributed by atoms with Gasteiger partial charge in [-0.15, -0.1) is 0 Å². The summed E-state index contributed by atoms with van der Waals surface area (Å²) in [5, 5.41) is 9.76. The smallest absolute Gasteiger partial charge is 0.225 e. The minimum Gasteiger partial charge on any atom is -0.369 e. The Morgan fingerprint density at radius 2 is 1.85 bits per heavy atom. The van der Waals surface area contributed by atoms with Crippen LogP contribution in [-0.2, 0) is 4.79 Å². The van der Waals surface area contributed by atoms with E-state index in [-0.39, 0.29) is 11.3 Å². The van der Waals surface area contributed by atoms with Gasteiger partial charge in [0, 0.05) is 50.4 Å². The second kappa shape index (κ2) is 9.62. The number of nitrogens with one attached hydrogen (secondary N) is 3. The number of aliphatic imine (C=N–C) groups is 1. The van der Waals surface area contributed by atoms with Gasteiger partial charge in [0.1, 0.15) is 0 Å². The highest BCUT2D eigenvalue weighted by Gasteiger charge is 2.22. The molecule has 0 aromatic heterocycles. The van der Waals surface area contributed by atoms with Gasteiger partial charge in [0.2, 0.25) is 5.91 Å². The summed E-state index contributed by atoms with van der Waals surface area (Å²) in [4.78, 5) is 18.6. The second-order valence-electron chi connectivity index (χ2n) is 8.27. The number of carbonyl (C=O) groups excluding carboxylic acids is 1. The lowest BCUT2D eigenvalue weighted by Crippen LogP contribution is -2.52. The molecule has 0 aliphatic carbocycles. The fourth-order valence-corrected chi connectivity index (χ4v) is 3.10. The molecule has 1 aromatic carbocycles. The minimum absolute atomic E-state index is 0.0632. The number of amides is 1. The Hall–Kier alpha value is -2.24. The molecule has 1 atom stereocenters. The van der Waals surface area contributed by atoms with Gasteiger partial charge in [-0.2, -0.15) is 0 Å². The van der Waals surface area contributed by atoms with Crippen molar-refractivity contribution in [2.24, 2.45) is 10.4 Å². The molecule has 1 aromatic rings. The summed E-state index contributed by atoms with van der Waals surface area (Å²) in [7, 11) is 1.78. The third-order valence-corrected chi connectivity index (χ3v) is 4.77. The SMILES string of the molecule is CN=C(NCCNC(=O)C(C)(C)C)NC1CCCN(c2ccc(C)cc2)C1. The maximum atomic E-state index is 11.9. The van der Waals surface area contributed by atoms with E-state index in [1.807, 2.05) is 20.8 Å². The van der Waals surface area contributed by atoms with Gasteiger partial charge in [-0.05, 0) is 31.9 Å². The number of guanidine groups is 1. The fourth-order valence-electron chi connectivity index (χ4n) is 3.10. The molecule has 1 saturated heterocycles. The fraction of sp³-hybridized carbons (Fsp3) is 0.619. The molecule has 1 aliphatic rings. The van der Waals surface area contributed by atoms with E-state index in [1.165, 1.54) is 11.3 Å². The number of benzene rings is 1. The molecule has 1 amide bonds. The second-order valence-corrected chi connectivity index (χ2v) is 8.27. The van der Waals surface area contributed by atoms with Crippen LogP contribution >= 0.6 is 0 Å². The van der Waals surface area contributed by atoms with E-state index < -0.39 is 0 Å². The number of anilines is 1. The molecule has 0 spiro atoms. The van der Waals surface area contributed by atoms with Gasteiger partial charge in [0.05, 0.1) is 0 Å². The van der Waals surface area contributed by atoms with Crippen molar-refractivity contribution in [2.45, 2.75) is 46.6 Å². The molecule has 1 unspecified atom stereocenters. The zero-order chi connectivity index (χ0) is 19.9. The molecule has 6 nitrogen and oxygen atoms in total. The van der Waals surface area contributed by atoms with Crippen molar-refractivity contribution in [1.29, 1.82) is 0 Å². The van der Waals surface area contributed by atoms with Gasteiger partial charge in [-0.25, -0.2) is 0 Å². The Morgan fingerprint density at radius 1 is 1.19 bits per heavy atom. The largest absolute Gasteiger partial charge is 0.369 e. The number of aryl methyl sites for hydroxylation is 1. The van der Waals surface area contributed by atoms with Crippen LogP contribution in [0.5, 0.6) is 0 Å². The molecule has 27 heavy (non-hydrogen) atoms. The molecule has 0 bridgehead atoms. The number of hydrogen-bond acceptors (Lipinski definition) is 3. The predicted octanol–water partition coefficient (Wildman–Crippen LogP) is 2.29. The van der Waals surface area contributed by atoms with Crippen LogP contribution in [0.3, 0.4) is 0 Å². The standard InChI is InChI=1S/C21H35N5O/c1-16-8-10-18(11-9-16)26-14-6-7-17(15-26)25-20(22-5)24-13-12-23-19(27)21(2,3)4/h8-11,17H,6-7,12-15H2,1-5H3,(H,23,27)(H2,22,24,25). The Balaban J connectivity index is 1.78. The van der Waals surface area contributed by atoms with E-state index in [1.54, 1.807) is 7.05 Å². The molecular weight excluding hydrogens is 338 g/mol. The molecule has 1 fully saturated rings. The average molecular weight is 374 g/mol. The van der Waals surface area contributed by atoms with Gasteiger partial charge in [-0.1, -0.05) is 38.5 Å². The van der Waals surface area contributed by atoms with Crippen molar-refractivity contribution < 1.29 is 4.79 Å². The zero-order valence-electron chi connectivity index (χ0n) is 17.4. The van der Waals surface area contributed by atoms with Crippen molar-refractivity contribution in [3.63, 3.8) is 0 Å². The molecule has 6 heteroatoms. The molecule has 1 aliphatic heterocycles. The van der Waals surface area contributed by atoms with Crippen LogP contribution < -0.4 is 20.9 Å². The average Bonchev–Trinajstić information content (AvgIpc) is 2.64. The number of piperidine rings is 1. The molecule has 3 N–H and O–H groups in total. The van der Waals surface area contributed by atoms with Gasteiger partial charge in [0.15, 0.2) is 5.96 Å². The van der Waals surface area contributed by atoms with Crippen molar-refractivity contribution in [2.75, 3.05) is 38.1 Å². The van der Waals surface area contributed by atoms with Crippen LogP contribution in [0, 0.1) is 12.3 Å². The number of rotatable bonds is 5. The van der Waals surface area contributed by atoms with E-state index >= 15 is 0 Å². The highest BCUT2D eigenvalue weighted by molar-refractivity contribution is 5.82. The zero-order valence-corrected chi connectivity index (χ0v) is 17.4. The topological polar surface area (TPSA) is 68.8 Å².